The molecule has 6 nitrogen and oxygen atoms in total. The van der Waals surface area contributed by atoms with Crippen molar-refractivity contribution >= 4 is 35.0 Å². The van der Waals surface area contributed by atoms with Gasteiger partial charge in [-0.15, -0.1) is 10.2 Å². The van der Waals surface area contributed by atoms with E-state index >= 15 is 0 Å². The van der Waals surface area contributed by atoms with Crippen molar-refractivity contribution in [3.8, 4) is 17.5 Å². The Bertz CT molecular complexity index is 1040. The smallest absolute Gasteiger partial charge is 0.277 e. The summed E-state index contributed by atoms with van der Waals surface area (Å²) in [6.45, 7) is 4.05. The highest BCUT2D eigenvalue weighted by molar-refractivity contribution is 7.99. The number of nitrogens with one attached hydrogen (secondary N) is 1. The normalized spacial score (nSPS) is 10.4. The number of carbonyl (C=O) groups excluding carboxylic acids is 1. The first kappa shape index (κ1) is 19.0. The number of rotatable bonds is 5. The molecule has 0 unspecified atom stereocenters. The summed E-state index contributed by atoms with van der Waals surface area (Å²) in [6, 6.07) is 12.6. The Morgan fingerprint density at radius 3 is 2.74 bits per heavy atom. The fourth-order valence-corrected chi connectivity index (χ4v) is 3.05. The maximum Gasteiger partial charge on any atom is 0.277 e. The van der Waals surface area contributed by atoms with E-state index in [1.54, 1.807) is 12.1 Å². The monoisotopic (exact) mass is 398 g/mol. The van der Waals surface area contributed by atoms with E-state index in [2.05, 4.69) is 15.5 Å². The highest BCUT2D eigenvalue weighted by atomic mass is 35.5. The van der Waals surface area contributed by atoms with Gasteiger partial charge in [-0.3, -0.25) is 4.79 Å². The van der Waals surface area contributed by atoms with Crippen molar-refractivity contribution in [1.29, 1.82) is 5.26 Å². The molecule has 0 atom stereocenters. The summed E-state index contributed by atoms with van der Waals surface area (Å²) >= 11 is 7.10. The van der Waals surface area contributed by atoms with Gasteiger partial charge in [-0.05, 0) is 55.3 Å². The van der Waals surface area contributed by atoms with E-state index in [-0.39, 0.29) is 16.7 Å². The van der Waals surface area contributed by atoms with Crippen LogP contribution >= 0.6 is 23.4 Å². The third kappa shape index (κ3) is 4.67. The summed E-state index contributed by atoms with van der Waals surface area (Å²) in [7, 11) is 0. The summed E-state index contributed by atoms with van der Waals surface area (Å²) in [6.07, 6.45) is 0. The Labute approximate surface area is 165 Å². The number of nitriles is 1. The molecule has 1 heterocycles. The van der Waals surface area contributed by atoms with Gasteiger partial charge in [-0.1, -0.05) is 29.4 Å². The number of aromatic nitrogens is 2. The highest BCUT2D eigenvalue weighted by Gasteiger charge is 2.12. The standard InChI is InChI=1S/C19H15ClN4O2S/c1-11-3-4-13(7-12(11)2)18-23-24-19(26-18)27-10-17(25)22-15-6-5-14(9-21)16(20)8-15/h3-8H,10H2,1-2H3,(H,22,25). The predicted molar refractivity (Wildman–Crippen MR) is 105 cm³/mol. The van der Waals surface area contributed by atoms with Gasteiger partial charge in [0, 0.05) is 11.3 Å². The second-order valence-corrected chi connectivity index (χ2v) is 7.15. The van der Waals surface area contributed by atoms with Crippen LogP contribution in [0.1, 0.15) is 16.7 Å². The number of halogens is 1. The highest BCUT2D eigenvalue weighted by Crippen LogP contribution is 2.25. The van der Waals surface area contributed by atoms with Crippen molar-refractivity contribution in [1.82, 2.24) is 10.2 Å². The predicted octanol–water partition coefficient (Wildman–Crippen LogP) is 4.61. The SMILES string of the molecule is Cc1ccc(-c2nnc(SCC(=O)Nc3ccc(C#N)c(Cl)c3)o2)cc1C. The van der Waals surface area contributed by atoms with Crippen LogP contribution in [-0.2, 0) is 4.79 Å². The molecule has 8 heteroatoms. The lowest BCUT2D eigenvalue weighted by Gasteiger charge is -2.05. The molecule has 27 heavy (non-hydrogen) atoms. The van der Waals surface area contributed by atoms with Gasteiger partial charge in [0.25, 0.3) is 5.22 Å². The van der Waals surface area contributed by atoms with E-state index in [1.807, 2.05) is 38.1 Å². The van der Waals surface area contributed by atoms with Crippen molar-refractivity contribution in [2.75, 3.05) is 11.1 Å². The molecule has 136 valence electrons. The van der Waals surface area contributed by atoms with Crippen molar-refractivity contribution in [2.45, 2.75) is 19.1 Å². The largest absolute Gasteiger partial charge is 0.411 e. The summed E-state index contributed by atoms with van der Waals surface area (Å²) in [5, 5.41) is 20.2. The van der Waals surface area contributed by atoms with Gasteiger partial charge < -0.3 is 9.73 Å². The van der Waals surface area contributed by atoms with E-state index in [0.717, 1.165) is 22.9 Å². The van der Waals surface area contributed by atoms with Crippen LogP contribution in [0.5, 0.6) is 0 Å². The molecule has 3 aromatic rings. The molecule has 1 aromatic heterocycles. The quantitative estimate of drug-likeness (QED) is 0.631. The number of hydrogen-bond donors (Lipinski definition) is 1. The van der Waals surface area contributed by atoms with Gasteiger partial charge in [-0.2, -0.15) is 5.26 Å². The van der Waals surface area contributed by atoms with Crippen LogP contribution < -0.4 is 5.32 Å². The molecule has 2 aromatic carbocycles. The van der Waals surface area contributed by atoms with Gasteiger partial charge >= 0.3 is 0 Å². The Morgan fingerprint density at radius 2 is 2.04 bits per heavy atom. The fraction of sp³-hybridized carbons (Fsp3) is 0.158. The van der Waals surface area contributed by atoms with Crippen LogP contribution in [-0.4, -0.2) is 21.9 Å². The van der Waals surface area contributed by atoms with Crippen molar-refractivity contribution < 1.29 is 9.21 Å². The molecule has 0 aliphatic rings. The Morgan fingerprint density at radius 1 is 1.22 bits per heavy atom. The van der Waals surface area contributed by atoms with Crippen LogP contribution in [0.2, 0.25) is 5.02 Å². The number of carbonyl (C=O) groups is 1. The number of thioether (sulfide) groups is 1. The van der Waals surface area contributed by atoms with Crippen molar-refractivity contribution in [2.24, 2.45) is 0 Å². The molecule has 1 N–H and O–H groups in total. The minimum atomic E-state index is -0.244. The molecular formula is C19H15ClN4O2S. The van der Waals surface area contributed by atoms with Gasteiger partial charge in [0.15, 0.2) is 0 Å². The minimum absolute atomic E-state index is 0.103. The second kappa shape index (κ2) is 8.25. The molecule has 0 aliphatic heterocycles. The Kier molecular flexibility index (Phi) is 5.79. The van der Waals surface area contributed by atoms with Gasteiger partial charge in [0.05, 0.1) is 16.3 Å². The number of amides is 1. The van der Waals surface area contributed by atoms with Crippen molar-refractivity contribution in [3.05, 3.63) is 58.1 Å². The van der Waals surface area contributed by atoms with Crippen LogP contribution in [0.25, 0.3) is 11.5 Å². The van der Waals surface area contributed by atoms with Crippen LogP contribution in [0.3, 0.4) is 0 Å². The maximum atomic E-state index is 12.1. The zero-order chi connectivity index (χ0) is 19.4. The summed E-state index contributed by atoms with van der Waals surface area (Å²) in [5.74, 6) is 0.276. The molecule has 1 amide bonds. The first-order valence-electron chi connectivity index (χ1n) is 7.99. The van der Waals surface area contributed by atoms with Gasteiger partial charge in [-0.25, -0.2) is 0 Å². The molecule has 0 radical (unpaired) electrons. The average Bonchev–Trinajstić information content (AvgIpc) is 3.11. The van der Waals surface area contributed by atoms with Crippen LogP contribution in [0.4, 0.5) is 5.69 Å². The zero-order valence-electron chi connectivity index (χ0n) is 14.6. The minimum Gasteiger partial charge on any atom is -0.411 e. The molecule has 0 saturated carbocycles. The number of benzene rings is 2. The number of anilines is 1. The summed E-state index contributed by atoms with van der Waals surface area (Å²) in [5.41, 5.74) is 4.04. The summed E-state index contributed by atoms with van der Waals surface area (Å²) < 4.78 is 5.62. The van der Waals surface area contributed by atoms with E-state index in [0.29, 0.717) is 22.4 Å². The lowest BCUT2D eigenvalue weighted by Crippen LogP contribution is -2.14. The third-order valence-corrected chi connectivity index (χ3v) is 4.99. The van der Waals surface area contributed by atoms with E-state index < -0.39 is 0 Å². The molecular weight excluding hydrogens is 384 g/mol. The number of nitrogens with zero attached hydrogens (tertiary/aromatic N) is 3. The third-order valence-electron chi connectivity index (χ3n) is 3.86. The van der Waals surface area contributed by atoms with Crippen molar-refractivity contribution in [3.63, 3.8) is 0 Å². The van der Waals surface area contributed by atoms with Crippen LogP contribution in [0.15, 0.2) is 46.0 Å². The van der Waals surface area contributed by atoms with Crippen LogP contribution in [0, 0.1) is 25.2 Å². The number of hydrogen-bond acceptors (Lipinski definition) is 6. The number of aryl methyl sites for hydroxylation is 2. The van der Waals surface area contributed by atoms with E-state index in [9.17, 15) is 4.79 Å². The maximum absolute atomic E-state index is 12.1. The first-order chi connectivity index (χ1) is 13.0. The Balaban J connectivity index is 1.59. The van der Waals surface area contributed by atoms with Gasteiger partial charge in [0.1, 0.15) is 6.07 Å². The average molecular weight is 399 g/mol. The molecule has 0 aliphatic carbocycles. The molecule has 3 rings (SSSR count). The lowest BCUT2D eigenvalue weighted by molar-refractivity contribution is -0.113. The van der Waals surface area contributed by atoms with E-state index in [1.165, 1.54) is 11.6 Å². The molecule has 0 bridgehead atoms. The molecule has 0 fully saturated rings. The van der Waals surface area contributed by atoms with Gasteiger partial charge in [0.2, 0.25) is 11.8 Å². The fourth-order valence-electron chi connectivity index (χ4n) is 2.27. The Hall–Kier alpha value is -2.82. The molecule has 0 spiro atoms. The zero-order valence-corrected chi connectivity index (χ0v) is 16.2. The lowest BCUT2D eigenvalue weighted by atomic mass is 10.1. The first-order valence-corrected chi connectivity index (χ1v) is 9.36. The van der Waals surface area contributed by atoms with E-state index in [4.69, 9.17) is 21.3 Å². The topological polar surface area (TPSA) is 91.8 Å². The summed E-state index contributed by atoms with van der Waals surface area (Å²) in [4.78, 5) is 12.1. The molecule has 0 saturated heterocycles. The second-order valence-electron chi connectivity index (χ2n) is 5.82.